The number of nitrogens with zero attached hydrogens (tertiary/aromatic N) is 1. The van der Waals surface area contributed by atoms with Crippen molar-refractivity contribution in [2.24, 2.45) is 0 Å². The van der Waals surface area contributed by atoms with E-state index >= 15 is 0 Å². The number of rotatable bonds is 6. The minimum atomic E-state index is 0.337. The lowest BCUT2D eigenvalue weighted by Crippen LogP contribution is -2.33. The lowest BCUT2D eigenvalue weighted by molar-refractivity contribution is 0.155. The number of hydrogen-bond acceptors (Lipinski definition) is 4. The van der Waals surface area contributed by atoms with Crippen molar-refractivity contribution in [1.29, 1.82) is 0 Å². The van der Waals surface area contributed by atoms with Crippen LogP contribution < -0.4 is 14.2 Å². The molecule has 0 spiro atoms. The van der Waals surface area contributed by atoms with Gasteiger partial charge in [0.25, 0.3) is 0 Å². The zero-order valence-electron chi connectivity index (χ0n) is 17.9. The second kappa shape index (κ2) is 9.08. The van der Waals surface area contributed by atoms with E-state index in [1.807, 2.05) is 0 Å². The largest absolute Gasteiger partial charge is 0.493 e. The Bertz CT molecular complexity index is 812. The van der Waals surface area contributed by atoms with Crippen LogP contribution in [0.3, 0.4) is 0 Å². The molecule has 1 aliphatic carbocycles. The Balaban J connectivity index is 1.50. The molecule has 1 unspecified atom stereocenters. The van der Waals surface area contributed by atoms with E-state index in [1.54, 1.807) is 14.2 Å². The van der Waals surface area contributed by atoms with Gasteiger partial charge in [-0.15, -0.1) is 0 Å². The van der Waals surface area contributed by atoms with Gasteiger partial charge < -0.3 is 14.2 Å². The fraction of sp³-hybridized carbons (Fsp3) is 0.520. The Kier molecular flexibility index (Phi) is 6.29. The maximum Gasteiger partial charge on any atom is 0.161 e. The van der Waals surface area contributed by atoms with Gasteiger partial charge in [0.15, 0.2) is 11.5 Å². The molecule has 0 bridgehead atoms. The molecular weight excluding hydrogens is 362 g/mol. The predicted octanol–water partition coefficient (Wildman–Crippen LogP) is 5.19. The molecule has 2 aromatic rings. The SMILES string of the molecule is COc1cc2c(cc1OC)C(Cc1ccc(OC3CCCCC3)cc1)N(C)CC2. The predicted molar refractivity (Wildman–Crippen MR) is 116 cm³/mol. The molecule has 1 saturated carbocycles. The normalized spacial score (nSPS) is 20.2. The first kappa shape index (κ1) is 20.1. The van der Waals surface area contributed by atoms with Gasteiger partial charge in [0.2, 0.25) is 0 Å². The molecule has 2 aromatic carbocycles. The fourth-order valence-electron chi connectivity index (χ4n) is 4.72. The van der Waals surface area contributed by atoms with E-state index in [0.717, 1.165) is 36.6 Å². The standard InChI is InChI=1S/C25H33NO3/c1-26-14-13-19-16-24(27-2)25(28-3)17-22(19)23(26)15-18-9-11-21(12-10-18)29-20-7-5-4-6-8-20/h9-12,16-17,20,23H,4-8,13-15H2,1-3H3. The van der Waals surface area contributed by atoms with Gasteiger partial charge in [0.1, 0.15) is 5.75 Å². The monoisotopic (exact) mass is 395 g/mol. The van der Waals surface area contributed by atoms with Crippen LogP contribution in [-0.4, -0.2) is 38.8 Å². The molecule has 0 saturated heterocycles. The zero-order chi connectivity index (χ0) is 20.2. The Morgan fingerprint density at radius 2 is 1.62 bits per heavy atom. The molecule has 1 heterocycles. The van der Waals surface area contributed by atoms with Crippen molar-refractivity contribution in [1.82, 2.24) is 4.90 Å². The van der Waals surface area contributed by atoms with Crippen molar-refractivity contribution in [3.8, 4) is 17.2 Å². The highest BCUT2D eigenvalue weighted by Crippen LogP contribution is 2.39. The molecule has 4 rings (SSSR count). The van der Waals surface area contributed by atoms with Crippen molar-refractivity contribution in [3.63, 3.8) is 0 Å². The smallest absolute Gasteiger partial charge is 0.161 e. The van der Waals surface area contributed by atoms with E-state index in [0.29, 0.717) is 12.1 Å². The van der Waals surface area contributed by atoms with Gasteiger partial charge in [-0.25, -0.2) is 0 Å². The van der Waals surface area contributed by atoms with Crippen LogP contribution in [0.2, 0.25) is 0 Å². The summed E-state index contributed by atoms with van der Waals surface area (Å²) in [5.41, 5.74) is 4.04. The number of methoxy groups -OCH3 is 2. The molecule has 29 heavy (non-hydrogen) atoms. The Hall–Kier alpha value is -2.20. The summed E-state index contributed by atoms with van der Waals surface area (Å²) in [4.78, 5) is 2.45. The van der Waals surface area contributed by atoms with Crippen molar-refractivity contribution in [2.75, 3.05) is 27.8 Å². The van der Waals surface area contributed by atoms with E-state index in [-0.39, 0.29) is 0 Å². The molecule has 4 heteroatoms. The maximum atomic E-state index is 6.19. The zero-order valence-corrected chi connectivity index (χ0v) is 17.9. The number of benzene rings is 2. The lowest BCUT2D eigenvalue weighted by atomic mass is 9.88. The van der Waals surface area contributed by atoms with Gasteiger partial charge in [-0.3, -0.25) is 4.90 Å². The number of fused-ring (bicyclic) bond motifs is 1. The van der Waals surface area contributed by atoms with Crippen LogP contribution >= 0.6 is 0 Å². The Morgan fingerprint density at radius 1 is 0.931 bits per heavy atom. The van der Waals surface area contributed by atoms with Gasteiger partial charge in [-0.1, -0.05) is 18.6 Å². The van der Waals surface area contributed by atoms with Crippen LogP contribution in [0.4, 0.5) is 0 Å². The molecule has 156 valence electrons. The van der Waals surface area contributed by atoms with E-state index in [9.17, 15) is 0 Å². The minimum absolute atomic E-state index is 0.337. The van der Waals surface area contributed by atoms with Gasteiger partial charge in [0, 0.05) is 12.6 Å². The molecule has 1 aliphatic heterocycles. The second-order valence-electron chi connectivity index (χ2n) is 8.38. The van der Waals surface area contributed by atoms with Crippen LogP contribution in [-0.2, 0) is 12.8 Å². The first-order chi connectivity index (χ1) is 14.2. The number of ether oxygens (including phenoxy) is 3. The number of likely N-dealkylation sites (N-methyl/N-ethyl adjacent to an activating group) is 1. The van der Waals surface area contributed by atoms with Gasteiger partial charge >= 0.3 is 0 Å². The lowest BCUT2D eigenvalue weighted by Gasteiger charge is -2.35. The number of hydrogen-bond donors (Lipinski definition) is 0. The molecule has 1 fully saturated rings. The third kappa shape index (κ3) is 4.53. The molecule has 0 amide bonds. The highest BCUT2D eigenvalue weighted by atomic mass is 16.5. The van der Waals surface area contributed by atoms with Crippen LogP contribution in [0.1, 0.15) is 54.8 Å². The highest BCUT2D eigenvalue weighted by molar-refractivity contribution is 5.50. The average molecular weight is 396 g/mol. The average Bonchev–Trinajstić information content (AvgIpc) is 2.76. The molecule has 0 aromatic heterocycles. The summed E-state index contributed by atoms with van der Waals surface area (Å²) in [6.45, 7) is 1.05. The summed E-state index contributed by atoms with van der Waals surface area (Å²) in [7, 11) is 5.62. The van der Waals surface area contributed by atoms with Crippen molar-refractivity contribution in [3.05, 3.63) is 53.1 Å². The summed E-state index contributed by atoms with van der Waals surface area (Å²) < 4.78 is 17.3. The molecule has 1 atom stereocenters. The first-order valence-corrected chi connectivity index (χ1v) is 10.9. The third-order valence-electron chi connectivity index (χ3n) is 6.48. The van der Waals surface area contributed by atoms with Crippen LogP contribution in [0.15, 0.2) is 36.4 Å². The molecule has 4 nitrogen and oxygen atoms in total. The fourth-order valence-corrected chi connectivity index (χ4v) is 4.72. The van der Waals surface area contributed by atoms with Crippen LogP contribution in [0, 0.1) is 0 Å². The first-order valence-electron chi connectivity index (χ1n) is 10.9. The maximum absolute atomic E-state index is 6.19. The second-order valence-corrected chi connectivity index (χ2v) is 8.38. The summed E-state index contributed by atoms with van der Waals surface area (Å²) >= 11 is 0. The van der Waals surface area contributed by atoms with Crippen LogP contribution in [0.25, 0.3) is 0 Å². The Labute approximate surface area is 174 Å². The van der Waals surface area contributed by atoms with E-state index in [2.05, 4.69) is 48.3 Å². The minimum Gasteiger partial charge on any atom is -0.493 e. The van der Waals surface area contributed by atoms with E-state index < -0.39 is 0 Å². The molecule has 0 N–H and O–H groups in total. The third-order valence-corrected chi connectivity index (χ3v) is 6.48. The molecular formula is C25H33NO3. The van der Waals surface area contributed by atoms with Gasteiger partial charge in [-0.05, 0) is 86.5 Å². The molecule has 0 radical (unpaired) electrons. The summed E-state index contributed by atoms with van der Waals surface area (Å²) in [5, 5.41) is 0. The van der Waals surface area contributed by atoms with Crippen molar-refractivity contribution in [2.45, 2.75) is 57.1 Å². The van der Waals surface area contributed by atoms with Gasteiger partial charge in [-0.2, -0.15) is 0 Å². The topological polar surface area (TPSA) is 30.9 Å². The Morgan fingerprint density at radius 3 is 2.31 bits per heavy atom. The summed E-state index contributed by atoms with van der Waals surface area (Å²) in [5.74, 6) is 2.63. The van der Waals surface area contributed by atoms with Gasteiger partial charge in [0.05, 0.1) is 20.3 Å². The quantitative estimate of drug-likeness (QED) is 0.674. The molecule has 2 aliphatic rings. The van der Waals surface area contributed by atoms with Crippen LogP contribution in [0.5, 0.6) is 17.2 Å². The van der Waals surface area contributed by atoms with Crippen molar-refractivity contribution >= 4 is 0 Å². The highest BCUT2D eigenvalue weighted by Gasteiger charge is 2.27. The van der Waals surface area contributed by atoms with E-state index in [1.165, 1.54) is 48.8 Å². The summed E-state index contributed by atoms with van der Waals surface area (Å²) in [6.07, 6.45) is 8.74. The van der Waals surface area contributed by atoms with Crippen molar-refractivity contribution < 1.29 is 14.2 Å². The van der Waals surface area contributed by atoms with E-state index in [4.69, 9.17) is 14.2 Å². The summed E-state index contributed by atoms with van der Waals surface area (Å²) in [6, 6.07) is 13.4.